The van der Waals surface area contributed by atoms with Crippen molar-refractivity contribution in [1.29, 1.82) is 0 Å². The van der Waals surface area contributed by atoms with Crippen LogP contribution in [-0.4, -0.2) is 17.9 Å². The number of amides is 1. The second-order valence-electron chi connectivity index (χ2n) is 4.12. The molecule has 98 valence electrons. The molecule has 4 nitrogen and oxygen atoms in total. The van der Waals surface area contributed by atoms with E-state index < -0.39 is 0 Å². The third kappa shape index (κ3) is 3.23. The molecule has 5 heteroatoms. The fourth-order valence-electron chi connectivity index (χ4n) is 1.59. The molecule has 1 amide bonds. The monoisotopic (exact) mass is 275 g/mol. The van der Waals surface area contributed by atoms with Gasteiger partial charge in [-0.1, -0.05) is 29.3 Å². The fourth-order valence-corrected chi connectivity index (χ4v) is 1.85. The van der Waals surface area contributed by atoms with Crippen LogP contribution in [0.15, 0.2) is 36.5 Å². The van der Waals surface area contributed by atoms with Crippen molar-refractivity contribution in [2.45, 2.75) is 6.92 Å². The van der Waals surface area contributed by atoms with Crippen LogP contribution in [0, 0.1) is 6.92 Å². The molecule has 2 N–H and O–H groups in total. The predicted octanol–water partition coefficient (Wildman–Crippen LogP) is 3.34. The number of anilines is 2. The molecule has 19 heavy (non-hydrogen) atoms. The van der Waals surface area contributed by atoms with E-state index >= 15 is 0 Å². The average molecular weight is 276 g/mol. The summed E-state index contributed by atoms with van der Waals surface area (Å²) in [5.74, 6) is 0.314. The fraction of sp³-hybridized carbons (Fsp3) is 0.143. The largest absolute Gasteiger partial charge is 0.372 e. The number of nitrogens with one attached hydrogen (secondary N) is 2. The molecule has 2 rings (SSSR count). The van der Waals surface area contributed by atoms with Gasteiger partial charge in [-0.25, -0.2) is 4.98 Å². The molecule has 0 atom stereocenters. The van der Waals surface area contributed by atoms with E-state index in [4.69, 9.17) is 11.6 Å². The van der Waals surface area contributed by atoms with E-state index in [1.54, 1.807) is 13.1 Å². The van der Waals surface area contributed by atoms with Crippen LogP contribution < -0.4 is 10.6 Å². The van der Waals surface area contributed by atoms with Crippen molar-refractivity contribution in [2.24, 2.45) is 0 Å². The number of rotatable bonds is 3. The molecule has 0 spiro atoms. The summed E-state index contributed by atoms with van der Waals surface area (Å²) in [6.45, 7) is 1.99. The van der Waals surface area contributed by atoms with E-state index in [2.05, 4.69) is 15.6 Å². The first-order valence-corrected chi connectivity index (χ1v) is 6.19. The number of aryl methyl sites for hydroxylation is 1. The Labute approximate surface area is 116 Å². The summed E-state index contributed by atoms with van der Waals surface area (Å²) in [4.78, 5) is 16.1. The minimum atomic E-state index is -0.235. The van der Waals surface area contributed by atoms with Gasteiger partial charge in [-0.3, -0.25) is 4.79 Å². The summed E-state index contributed by atoms with van der Waals surface area (Å²) in [6.07, 6.45) is 1.49. The molecule has 1 aromatic carbocycles. The molecule has 0 radical (unpaired) electrons. The van der Waals surface area contributed by atoms with Crippen molar-refractivity contribution in [1.82, 2.24) is 4.98 Å². The number of carbonyl (C=O) groups excluding carboxylic acids is 1. The molecule has 0 saturated heterocycles. The van der Waals surface area contributed by atoms with Gasteiger partial charge in [-0.05, 0) is 25.1 Å². The van der Waals surface area contributed by atoms with Crippen LogP contribution in [-0.2, 0) is 0 Å². The lowest BCUT2D eigenvalue weighted by atomic mass is 10.2. The molecule has 0 aliphatic heterocycles. The number of aromatic nitrogens is 1. The maximum absolute atomic E-state index is 12.0. The van der Waals surface area contributed by atoms with Crippen LogP contribution >= 0.6 is 11.6 Å². The number of pyridine rings is 1. The zero-order chi connectivity index (χ0) is 13.8. The van der Waals surface area contributed by atoms with Crippen molar-refractivity contribution in [3.63, 3.8) is 0 Å². The average Bonchev–Trinajstić information content (AvgIpc) is 2.41. The highest BCUT2D eigenvalue weighted by molar-refractivity contribution is 6.33. The summed E-state index contributed by atoms with van der Waals surface area (Å²) in [5.41, 5.74) is 2.30. The van der Waals surface area contributed by atoms with E-state index in [-0.39, 0.29) is 5.91 Å². The van der Waals surface area contributed by atoms with Gasteiger partial charge in [0.25, 0.3) is 5.91 Å². The van der Waals surface area contributed by atoms with Crippen molar-refractivity contribution >= 4 is 29.0 Å². The van der Waals surface area contributed by atoms with Gasteiger partial charge < -0.3 is 10.6 Å². The van der Waals surface area contributed by atoms with Gasteiger partial charge in [-0.15, -0.1) is 0 Å². The first-order chi connectivity index (χ1) is 9.10. The Morgan fingerprint density at radius 2 is 1.95 bits per heavy atom. The third-order valence-corrected chi connectivity index (χ3v) is 2.94. The summed E-state index contributed by atoms with van der Waals surface area (Å²) < 4.78 is 0. The zero-order valence-electron chi connectivity index (χ0n) is 10.7. The molecule has 0 bridgehead atoms. The van der Waals surface area contributed by atoms with Crippen LogP contribution in [0.5, 0.6) is 0 Å². The maximum atomic E-state index is 12.0. The van der Waals surface area contributed by atoms with Crippen LogP contribution in [0.4, 0.5) is 11.5 Å². The van der Waals surface area contributed by atoms with Crippen molar-refractivity contribution in [2.75, 3.05) is 17.7 Å². The second-order valence-corrected chi connectivity index (χ2v) is 4.53. The van der Waals surface area contributed by atoms with Crippen LogP contribution in [0.1, 0.15) is 15.9 Å². The number of hydrogen-bond acceptors (Lipinski definition) is 3. The predicted molar refractivity (Wildman–Crippen MR) is 77.9 cm³/mol. The molecule has 0 aliphatic rings. The van der Waals surface area contributed by atoms with Gasteiger partial charge in [0.05, 0.1) is 10.6 Å². The normalized spacial score (nSPS) is 10.1. The number of benzene rings is 1. The van der Waals surface area contributed by atoms with Gasteiger partial charge in [0, 0.05) is 18.9 Å². The Hall–Kier alpha value is -2.07. The Morgan fingerprint density at radius 1 is 1.26 bits per heavy atom. The van der Waals surface area contributed by atoms with Gasteiger partial charge in [0.15, 0.2) is 0 Å². The number of halogens is 1. The van der Waals surface area contributed by atoms with Crippen molar-refractivity contribution in [3.8, 4) is 0 Å². The first kappa shape index (κ1) is 13.4. The first-order valence-electron chi connectivity index (χ1n) is 5.81. The second kappa shape index (κ2) is 5.71. The van der Waals surface area contributed by atoms with E-state index in [1.807, 2.05) is 31.2 Å². The molecular weight excluding hydrogens is 262 g/mol. The van der Waals surface area contributed by atoms with E-state index in [0.29, 0.717) is 16.4 Å². The lowest BCUT2D eigenvalue weighted by Crippen LogP contribution is -2.12. The van der Waals surface area contributed by atoms with E-state index in [9.17, 15) is 4.79 Å². The highest BCUT2D eigenvalue weighted by Gasteiger charge is 2.09. The summed E-state index contributed by atoms with van der Waals surface area (Å²) in [6, 6.07) is 9.16. The van der Waals surface area contributed by atoms with Crippen LogP contribution in [0.2, 0.25) is 5.02 Å². The highest BCUT2D eigenvalue weighted by atomic mass is 35.5. The van der Waals surface area contributed by atoms with Crippen LogP contribution in [0.25, 0.3) is 0 Å². The number of nitrogens with zero attached hydrogens (tertiary/aromatic N) is 1. The number of hydrogen-bond donors (Lipinski definition) is 2. The van der Waals surface area contributed by atoms with Gasteiger partial charge in [0.1, 0.15) is 5.82 Å². The Kier molecular flexibility index (Phi) is 4.02. The van der Waals surface area contributed by atoms with Gasteiger partial charge in [-0.2, -0.15) is 0 Å². The van der Waals surface area contributed by atoms with Crippen molar-refractivity contribution < 1.29 is 4.79 Å². The van der Waals surface area contributed by atoms with Gasteiger partial charge >= 0.3 is 0 Å². The standard InChI is InChI=1S/C14H14ClN3O/c1-9-3-5-11(6-4-9)18-14(19)10-7-12(15)13(16-2)17-8-10/h3-8H,1-2H3,(H,16,17)(H,18,19). The maximum Gasteiger partial charge on any atom is 0.257 e. The molecule has 0 fully saturated rings. The highest BCUT2D eigenvalue weighted by Crippen LogP contribution is 2.20. The Balaban J connectivity index is 2.16. The molecule has 0 aliphatic carbocycles. The molecule has 1 aromatic heterocycles. The molecule has 2 aromatic rings. The van der Waals surface area contributed by atoms with Crippen LogP contribution in [0.3, 0.4) is 0 Å². The number of carbonyl (C=O) groups is 1. The summed E-state index contributed by atoms with van der Waals surface area (Å²) >= 11 is 5.99. The summed E-state index contributed by atoms with van der Waals surface area (Å²) in [5, 5.41) is 6.05. The van der Waals surface area contributed by atoms with E-state index in [0.717, 1.165) is 11.3 Å². The quantitative estimate of drug-likeness (QED) is 0.903. The van der Waals surface area contributed by atoms with Crippen molar-refractivity contribution in [3.05, 3.63) is 52.7 Å². The van der Waals surface area contributed by atoms with E-state index in [1.165, 1.54) is 6.20 Å². The zero-order valence-corrected chi connectivity index (χ0v) is 11.5. The topological polar surface area (TPSA) is 54.0 Å². The third-order valence-electron chi connectivity index (χ3n) is 2.65. The lowest BCUT2D eigenvalue weighted by molar-refractivity contribution is 0.102. The minimum absolute atomic E-state index is 0.235. The molecule has 0 saturated carbocycles. The SMILES string of the molecule is CNc1ncc(C(=O)Nc2ccc(C)cc2)cc1Cl. The van der Waals surface area contributed by atoms with Gasteiger partial charge in [0.2, 0.25) is 0 Å². The molecule has 1 heterocycles. The molecule has 0 unspecified atom stereocenters. The summed E-state index contributed by atoms with van der Waals surface area (Å²) in [7, 11) is 1.72. The Morgan fingerprint density at radius 3 is 2.53 bits per heavy atom. The molecular formula is C14H14ClN3O. The minimum Gasteiger partial charge on any atom is -0.372 e. The Bertz CT molecular complexity index is 596. The smallest absolute Gasteiger partial charge is 0.257 e. The lowest BCUT2D eigenvalue weighted by Gasteiger charge is -2.07.